The van der Waals surface area contributed by atoms with E-state index in [4.69, 9.17) is 5.26 Å². The Morgan fingerprint density at radius 1 is 1.50 bits per heavy atom. The molecule has 0 saturated heterocycles. The molecule has 0 spiro atoms. The first kappa shape index (κ1) is 12.1. The number of pyridine rings is 1. The van der Waals surface area contributed by atoms with Crippen molar-refractivity contribution in [1.82, 2.24) is 14.8 Å². The van der Waals surface area contributed by atoms with Gasteiger partial charge in [-0.05, 0) is 18.6 Å². The van der Waals surface area contributed by atoms with E-state index in [1.165, 1.54) is 0 Å². The van der Waals surface area contributed by atoms with Gasteiger partial charge in [-0.25, -0.2) is 4.98 Å². The summed E-state index contributed by atoms with van der Waals surface area (Å²) in [5.74, 6) is 0. The molecule has 0 aliphatic rings. The van der Waals surface area contributed by atoms with Crippen molar-refractivity contribution in [3.05, 3.63) is 41.5 Å². The molecule has 2 heterocycles. The van der Waals surface area contributed by atoms with E-state index in [9.17, 15) is 0 Å². The Bertz CT molecular complexity index is 579. The molecule has 0 radical (unpaired) electrons. The lowest BCUT2D eigenvalue weighted by molar-refractivity contribution is 0.746. The first-order valence-electron chi connectivity index (χ1n) is 5.85. The predicted molar refractivity (Wildman–Crippen MR) is 68.9 cm³/mol. The molecule has 0 bridgehead atoms. The highest BCUT2D eigenvalue weighted by Gasteiger charge is 2.07. The summed E-state index contributed by atoms with van der Waals surface area (Å²) in [5.41, 5.74) is 3.39. The molecule has 2 rings (SSSR count). The second kappa shape index (κ2) is 5.32. The van der Waals surface area contributed by atoms with E-state index in [-0.39, 0.29) is 0 Å². The third kappa shape index (κ3) is 2.48. The van der Waals surface area contributed by atoms with Gasteiger partial charge in [-0.15, -0.1) is 0 Å². The summed E-state index contributed by atoms with van der Waals surface area (Å²) in [6.07, 6.45) is 4.51. The molecule has 0 aliphatic carbocycles. The zero-order valence-corrected chi connectivity index (χ0v) is 10.5. The van der Waals surface area contributed by atoms with Crippen LogP contribution in [0.2, 0.25) is 0 Å². The highest BCUT2D eigenvalue weighted by molar-refractivity contribution is 5.53. The fourth-order valence-corrected chi connectivity index (χ4v) is 1.86. The van der Waals surface area contributed by atoms with E-state index in [0.717, 1.165) is 23.4 Å². The zero-order chi connectivity index (χ0) is 13.0. The lowest BCUT2D eigenvalue weighted by Gasteiger charge is -2.06. The summed E-state index contributed by atoms with van der Waals surface area (Å²) < 4.78 is 1.81. The number of nitrogens with one attached hydrogen (secondary N) is 1. The topological polar surface area (TPSA) is 66.5 Å². The van der Waals surface area contributed by atoms with Crippen molar-refractivity contribution < 1.29 is 0 Å². The number of rotatable bonds is 4. The van der Waals surface area contributed by atoms with Crippen molar-refractivity contribution in [1.29, 1.82) is 5.26 Å². The summed E-state index contributed by atoms with van der Waals surface area (Å²) in [7, 11) is 1.91. The summed E-state index contributed by atoms with van der Waals surface area (Å²) >= 11 is 0. The Kier molecular flexibility index (Phi) is 3.58. The lowest BCUT2D eigenvalue weighted by Crippen LogP contribution is -2.03. The standard InChI is InChI=1S/C13H15N5/c1-3-11-10(9-18(2)17-11)8-16-12-5-4-6-15-13(12)7-14/h4-6,9,16H,3,8H2,1-2H3. The number of hydrogen-bond acceptors (Lipinski definition) is 4. The smallest absolute Gasteiger partial charge is 0.163 e. The molecule has 0 fully saturated rings. The monoisotopic (exact) mass is 241 g/mol. The predicted octanol–water partition coefficient (Wildman–Crippen LogP) is 1.86. The first-order valence-corrected chi connectivity index (χ1v) is 5.85. The third-order valence-corrected chi connectivity index (χ3v) is 2.71. The molecule has 0 atom stereocenters. The van der Waals surface area contributed by atoms with Crippen LogP contribution in [0.1, 0.15) is 23.9 Å². The Hall–Kier alpha value is -2.35. The molecule has 0 saturated carbocycles. The van der Waals surface area contributed by atoms with Crippen LogP contribution in [-0.2, 0) is 20.0 Å². The van der Waals surface area contributed by atoms with E-state index >= 15 is 0 Å². The summed E-state index contributed by atoms with van der Waals surface area (Å²) in [6.45, 7) is 2.73. The van der Waals surface area contributed by atoms with Crippen LogP contribution in [0.5, 0.6) is 0 Å². The average Bonchev–Trinajstić information content (AvgIpc) is 2.77. The lowest BCUT2D eigenvalue weighted by atomic mass is 10.2. The maximum absolute atomic E-state index is 8.95. The SMILES string of the molecule is CCc1nn(C)cc1CNc1cccnc1C#N. The minimum absolute atomic E-state index is 0.416. The average molecular weight is 241 g/mol. The maximum Gasteiger partial charge on any atom is 0.163 e. The van der Waals surface area contributed by atoms with E-state index < -0.39 is 0 Å². The van der Waals surface area contributed by atoms with Crippen molar-refractivity contribution in [3.8, 4) is 6.07 Å². The second-order valence-electron chi connectivity index (χ2n) is 3.99. The van der Waals surface area contributed by atoms with Crippen molar-refractivity contribution in [2.24, 2.45) is 7.05 Å². The Morgan fingerprint density at radius 3 is 3.06 bits per heavy atom. The molecule has 2 aromatic heterocycles. The quantitative estimate of drug-likeness (QED) is 0.887. The van der Waals surface area contributed by atoms with Gasteiger partial charge in [0.2, 0.25) is 0 Å². The van der Waals surface area contributed by atoms with Crippen molar-refractivity contribution in [2.75, 3.05) is 5.32 Å². The molecule has 0 aliphatic heterocycles. The summed E-state index contributed by atoms with van der Waals surface area (Å²) in [5, 5.41) is 16.6. The van der Waals surface area contributed by atoms with Crippen LogP contribution >= 0.6 is 0 Å². The van der Waals surface area contributed by atoms with Gasteiger partial charge in [0.15, 0.2) is 5.69 Å². The Balaban J connectivity index is 2.14. The van der Waals surface area contributed by atoms with E-state index in [0.29, 0.717) is 12.2 Å². The third-order valence-electron chi connectivity index (χ3n) is 2.71. The minimum Gasteiger partial charge on any atom is -0.378 e. The van der Waals surface area contributed by atoms with Gasteiger partial charge < -0.3 is 5.32 Å². The van der Waals surface area contributed by atoms with Gasteiger partial charge in [-0.1, -0.05) is 6.92 Å². The normalized spacial score (nSPS) is 10.1. The van der Waals surface area contributed by atoms with E-state index in [2.05, 4.69) is 28.4 Å². The van der Waals surface area contributed by atoms with Crippen LogP contribution in [0.4, 0.5) is 5.69 Å². The van der Waals surface area contributed by atoms with Crippen LogP contribution in [0, 0.1) is 11.3 Å². The summed E-state index contributed by atoms with van der Waals surface area (Å²) in [6, 6.07) is 5.74. The fourth-order valence-electron chi connectivity index (χ4n) is 1.86. The molecule has 0 unspecified atom stereocenters. The number of nitrogens with zero attached hydrogens (tertiary/aromatic N) is 4. The van der Waals surface area contributed by atoms with Crippen LogP contribution in [-0.4, -0.2) is 14.8 Å². The minimum atomic E-state index is 0.416. The number of aromatic nitrogens is 3. The maximum atomic E-state index is 8.95. The van der Waals surface area contributed by atoms with Crippen molar-refractivity contribution >= 4 is 5.69 Å². The Labute approximate surface area is 106 Å². The number of anilines is 1. The highest BCUT2D eigenvalue weighted by atomic mass is 15.3. The highest BCUT2D eigenvalue weighted by Crippen LogP contribution is 2.14. The molecule has 0 amide bonds. The zero-order valence-electron chi connectivity index (χ0n) is 10.5. The molecule has 18 heavy (non-hydrogen) atoms. The van der Waals surface area contributed by atoms with Crippen LogP contribution in [0.15, 0.2) is 24.5 Å². The number of aryl methyl sites for hydroxylation is 2. The number of nitriles is 1. The summed E-state index contributed by atoms with van der Waals surface area (Å²) in [4.78, 5) is 4.01. The fraction of sp³-hybridized carbons (Fsp3) is 0.308. The largest absolute Gasteiger partial charge is 0.378 e. The van der Waals surface area contributed by atoms with Gasteiger partial charge in [0.05, 0.1) is 11.4 Å². The second-order valence-corrected chi connectivity index (χ2v) is 3.99. The molecule has 92 valence electrons. The van der Waals surface area contributed by atoms with Gasteiger partial charge >= 0.3 is 0 Å². The molecular weight excluding hydrogens is 226 g/mol. The molecule has 5 heteroatoms. The van der Waals surface area contributed by atoms with Crippen LogP contribution in [0.3, 0.4) is 0 Å². The first-order chi connectivity index (χ1) is 8.74. The van der Waals surface area contributed by atoms with Gasteiger partial charge in [0.25, 0.3) is 0 Å². The molecule has 5 nitrogen and oxygen atoms in total. The van der Waals surface area contributed by atoms with E-state index in [1.54, 1.807) is 6.20 Å². The van der Waals surface area contributed by atoms with Crippen LogP contribution < -0.4 is 5.32 Å². The Morgan fingerprint density at radius 2 is 2.33 bits per heavy atom. The van der Waals surface area contributed by atoms with Gasteiger partial charge in [-0.3, -0.25) is 4.68 Å². The van der Waals surface area contributed by atoms with Crippen molar-refractivity contribution in [2.45, 2.75) is 19.9 Å². The van der Waals surface area contributed by atoms with Crippen LogP contribution in [0.25, 0.3) is 0 Å². The van der Waals surface area contributed by atoms with Gasteiger partial charge in [0.1, 0.15) is 6.07 Å². The molecule has 0 aromatic carbocycles. The van der Waals surface area contributed by atoms with E-state index in [1.807, 2.05) is 30.1 Å². The number of hydrogen-bond donors (Lipinski definition) is 1. The van der Waals surface area contributed by atoms with Crippen molar-refractivity contribution in [3.63, 3.8) is 0 Å². The van der Waals surface area contributed by atoms with Gasteiger partial charge in [0, 0.05) is 31.5 Å². The molecular formula is C13H15N5. The molecule has 1 N–H and O–H groups in total. The van der Waals surface area contributed by atoms with Gasteiger partial charge in [-0.2, -0.15) is 10.4 Å². The molecule has 2 aromatic rings.